The topological polar surface area (TPSA) is 60.5 Å². The van der Waals surface area contributed by atoms with Crippen LogP contribution in [0.5, 0.6) is 0 Å². The zero-order valence-electron chi connectivity index (χ0n) is 19.3. The molecule has 4 aromatic rings. The van der Waals surface area contributed by atoms with Crippen LogP contribution in [-0.2, 0) is 6.54 Å². The van der Waals surface area contributed by atoms with Gasteiger partial charge in [-0.25, -0.2) is 9.50 Å². The number of benzene rings is 1. The van der Waals surface area contributed by atoms with E-state index in [1.807, 2.05) is 19.3 Å². The predicted octanol–water partition coefficient (Wildman–Crippen LogP) is 4.76. The summed E-state index contributed by atoms with van der Waals surface area (Å²) in [6.45, 7) is 5.10. The van der Waals surface area contributed by atoms with E-state index in [1.54, 1.807) is 22.5 Å². The Bertz CT molecular complexity index is 1370. The molecule has 2 bridgehead atoms. The summed E-state index contributed by atoms with van der Waals surface area (Å²) in [6.07, 6.45) is 8.90. The molecule has 0 saturated carbocycles. The van der Waals surface area contributed by atoms with Crippen molar-refractivity contribution in [1.29, 1.82) is 5.26 Å². The van der Waals surface area contributed by atoms with Crippen molar-refractivity contribution < 1.29 is 0 Å². The second kappa shape index (κ2) is 8.46. The summed E-state index contributed by atoms with van der Waals surface area (Å²) in [5.74, 6) is 1.03. The van der Waals surface area contributed by atoms with Crippen molar-refractivity contribution in [1.82, 2.24) is 19.5 Å². The molecule has 3 saturated heterocycles. The van der Waals surface area contributed by atoms with Crippen LogP contribution in [0.2, 0.25) is 0 Å². The summed E-state index contributed by atoms with van der Waals surface area (Å²) in [5.41, 5.74) is 5.91. The van der Waals surface area contributed by atoms with E-state index in [9.17, 15) is 5.26 Å². The zero-order valence-corrected chi connectivity index (χ0v) is 20.2. The molecule has 0 spiro atoms. The van der Waals surface area contributed by atoms with E-state index < -0.39 is 0 Å². The molecule has 3 aliphatic rings. The number of thioether (sulfide) groups is 1. The highest BCUT2D eigenvalue weighted by Gasteiger charge is 2.44. The molecule has 0 amide bonds. The molecule has 6 nitrogen and oxygen atoms in total. The number of piperidine rings is 1. The summed E-state index contributed by atoms with van der Waals surface area (Å²) in [7, 11) is 0. The van der Waals surface area contributed by atoms with Gasteiger partial charge in [0.25, 0.3) is 0 Å². The molecule has 3 aromatic heterocycles. The maximum absolute atomic E-state index is 9.52. The van der Waals surface area contributed by atoms with E-state index >= 15 is 0 Å². The van der Waals surface area contributed by atoms with Crippen molar-refractivity contribution >= 4 is 23.1 Å². The molecule has 2 unspecified atom stereocenters. The number of rotatable bonds is 5. The van der Waals surface area contributed by atoms with Crippen LogP contribution < -0.4 is 4.90 Å². The first-order chi connectivity index (χ1) is 16.6. The molecular formula is C27H26N6S. The van der Waals surface area contributed by atoms with Crippen LogP contribution in [-0.4, -0.2) is 50.9 Å². The molecule has 7 heteroatoms. The highest BCUT2D eigenvalue weighted by atomic mass is 32.2. The highest BCUT2D eigenvalue weighted by Crippen LogP contribution is 2.36. The quantitative estimate of drug-likeness (QED) is 0.395. The molecule has 3 aliphatic heterocycles. The second-order valence-corrected chi connectivity index (χ2v) is 10.1. The van der Waals surface area contributed by atoms with Crippen LogP contribution in [0, 0.1) is 18.3 Å². The minimum absolute atomic E-state index is 0.582. The monoisotopic (exact) mass is 466 g/mol. The second-order valence-electron chi connectivity index (χ2n) is 9.27. The van der Waals surface area contributed by atoms with Crippen molar-refractivity contribution in [3.63, 3.8) is 0 Å². The van der Waals surface area contributed by atoms with Gasteiger partial charge in [0.2, 0.25) is 0 Å². The van der Waals surface area contributed by atoms with E-state index in [-0.39, 0.29) is 0 Å². The van der Waals surface area contributed by atoms with E-state index in [0.717, 1.165) is 47.7 Å². The summed E-state index contributed by atoms with van der Waals surface area (Å²) >= 11 is 1.79. The lowest BCUT2D eigenvalue weighted by Crippen LogP contribution is -2.68. The fourth-order valence-corrected chi connectivity index (χ4v) is 5.77. The van der Waals surface area contributed by atoms with Gasteiger partial charge in [-0.3, -0.25) is 4.90 Å². The van der Waals surface area contributed by atoms with Crippen LogP contribution >= 0.6 is 11.8 Å². The van der Waals surface area contributed by atoms with Crippen LogP contribution in [0.15, 0.2) is 66.0 Å². The lowest BCUT2D eigenvalue weighted by Gasteiger charge is -2.56. The van der Waals surface area contributed by atoms with Gasteiger partial charge in [0.05, 0.1) is 17.3 Å². The first kappa shape index (κ1) is 21.2. The van der Waals surface area contributed by atoms with Gasteiger partial charge in [0.1, 0.15) is 11.9 Å². The summed E-state index contributed by atoms with van der Waals surface area (Å²) in [4.78, 5) is 11.2. The Morgan fingerprint density at radius 3 is 2.56 bits per heavy atom. The van der Waals surface area contributed by atoms with Gasteiger partial charge in [-0.15, -0.1) is 11.8 Å². The number of aryl methyl sites for hydroxylation is 1. The predicted molar refractivity (Wildman–Crippen MR) is 136 cm³/mol. The average Bonchev–Trinajstić information content (AvgIpc) is 3.30. The third-order valence-electron chi connectivity index (χ3n) is 7.12. The van der Waals surface area contributed by atoms with Gasteiger partial charge in [-0.2, -0.15) is 10.4 Å². The Morgan fingerprint density at radius 1 is 1.09 bits per heavy atom. The van der Waals surface area contributed by atoms with Crippen molar-refractivity contribution in [3.05, 3.63) is 77.7 Å². The number of fused-ring (bicyclic) bond motifs is 3. The molecule has 0 aliphatic carbocycles. The molecule has 170 valence electrons. The van der Waals surface area contributed by atoms with Crippen LogP contribution in [0.3, 0.4) is 0 Å². The number of nitrogens with zero attached hydrogens (tertiary/aromatic N) is 6. The number of nitriles is 1. The normalized spacial score (nSPS) is 19.7. The van der Waals surface area contributed by atoms with Gasteiger partial charge in [0, 0.05) is 60.1 Å². The summed E-state index contributed by atoms with van der Waals surface area (Å²) < 4.78 is 1.79. The Balaban J connectivity index is 1.18. The molecule has 34 heavy (non-hydrogen) atoms. The van der Waals surface area contributed by atoms with Gasteiger partial charge in [-0.1, -0.05) is 12.1 Å². The van der Waals surface area contributed by atoms with Crippen molar-refractivity contribution in [3.8, 4) is 17.2 Å². The third-order valence-corrected chi connectivity index (χ3v) is 7.86. The third kappa shape index (κ3) is 3.64. The molecule has 7 rings (SSSR count). The summed E-state index contributed by atoms with van der Waals surface area (Å²) in [6, 6.07) is 18.7. The molecule has 0 N–H and O–H groups in total. The Morgan fingerprint density at radius 2 is 1.88 bits per heavy atom. The summed E-state index contributed by atoms with van der Waals surface area (Å²) in [5, 5.41) is 13.9. The van der Waals surface area contributed by atoms with E-state index in [1.165, 1.54) is 16.9 Å². The molecule has 3 fully saturated rings. The molecular weight excluding hydrogens is 440 g/mol. The first-order valence-electron chi connectivity index (χ1n) is 11.6. The minimum Gasteiger partial charge on any atom is -0.353 e. The number of hydrogen-bond donors (Lipinski definition) is 0. The Labute approximate surface area is 203 Å². The lowest BCUT2D eigenvalue weighted by atomic mass is 9.86. The number of hydrogen-bond acceptors (Lipinski definition) is 6. The van der Waals surface area contributed by atoms with E-state index in [4.69, 9.17) is 4.98 Å². The van der Waals surface area contributed by atoms with Crippen LogP contribution in [0.1, 0.15) is 23.1 Å². The Kier molecular flexibility index (Phi) is 5.28. The van der Waals surface area contributed by atoms with Gasteiger partial charge in [-0.05, 0) is 61.1 Å². The standard InChI is InChI=1S/C27H26N6S/c1-18-9-25(27-21(11-28)13-30-33(27)14-18)20-5-8-26(29-12-20)31-16-22-10-23(17-31)32(22)15-19-3-6-24(34-2)7-4-19/h3-9,12-14,22-23H,10,15-17H2,1-2H3. The zero-order chi connectivity index (χ0) is 23.2. The first-order valence-corrected chi connectivity index (χ1v) is 12.8. The van der Waals surface area contributed by atoms with Crippen LogP contribution in [0.25, 0.3) is 16.6 Å². The molecule has 6 heterocycles. The molecule has 1 aromatic carbocycles. The van der Waals surface area contributed by atoms with Crippen molar-refractivity contribution in [2.24, 2.45) is 0 Å². The fraction of sp³-hybridized carbons (Fsp3) is 0.296. The van der Waals surface area contributed by atoms with Crippen LogP contribution in [0.4, 0.5) is 5.82 Å². The maximum atomic E-state index is 9.52. The van der Waals surface area contributed by atoms with Gasteiger partial charge in [0.15, 0.2) is 0 Å². The number of aromatic nitrogens is 3. The largest absolute Gasteiger partial charge is 0.353 e. The smallest absolute Gasteiger partial charge is 0.128 e. The van der Waals surface area contributed by atoms with E-state index in [2.05, 4.69) is 69.7 Å². The van der Waals surface area contributed by atoms with Gasteiger partial charge >= 0.3 is 0 Å². The van der Waals surface area contributed by atoms with Crippen molar-refractivity contribution in [2.75, 3.05) is 24.2 Å². The molecule has 2 atom stereocenters. The number of piperazine rings is 1. The maximum Gasteiger partial charge on any atom is 0.128 e. The molecule has 0 radical (unpaired) electrons. The number of anilines is 1. The highest BCUT2D eigenvalue weighted by molar-refractivity contribution is 7.98. The van der Waals surface area contributed by atoms with E-state index in [0.29, 0.717) is 17.6 Å². The van der Waals surface area contributed by atoms with Gasteiger partial charge < -0.3 is 4.90 Å². The average molecular weight is 467 g/mol. The SMILES string of the molecule is CSc1ccc(CN2C3CC2CN(c2ccc(-c4cc(C)cn5ncc(C#N)c45)cn2)C3)cc1. The fourth-order valence-electron chi connectivity index (χ4n) is 5.36. The van der Waals surface area contributed by atoms with Crippen molar-refractivity contribution in [2.45, 2.75) is 36.9 Å². The lowest BCUT2D eigenvalue weighted by molar-refractivity contribution is -0.00869. The minimum atomic E-state index is 0.582. The Hall–Kier alpha value is -3.34. The number of pyridine rings is 2.